The number of terminal acetylenes is 1. The van der Waals surface area contributed by atoms with Gasteiger partial charge in [0.25, 0.3) is 0 Å². The van der Waals surface area contributed by atoms with Gasteiger partial charge in [-0.15, -0.1) is 6.42 Å². The van der Waals surface area contributed by atoms with E-state index in [1.807, 2.05) is 25.1 Å². The maximum Gasteiger partial charge on any atom is 0.142 e. The van der Waals surface area contributed by atoms with Gasteiger partial charge in [0.1, 0.15) is 5.75 Å². The van der Waals surface area contributed by atoms with Gasteiger partial charge in [-0.05, 0) is 19.1 Å². The molecule has 0 aromatic heterocycles. The highest BCUT2D eigenvalue weighted by Crippen LogP contribution is 2.23. The molecule has 0 bridgehead atoms. The van der Waals surface area contributed by atoms with E-state index in [0.29, 0.717) is 12.4 Å². The molecule has 1 radical (unpaired) electrons. The smallest absolute Gasteiger partial charge is 0.142 e. The predicted molar refractivity (Wildman–Crippen MR) is 53.5 cm³/mol. The number of ether oxygens (including phenoxy) is 1. The molecule has 0 fully saturated rings. The van der Waals surface area contributed by atoms with E-state index in [4.69, 9.17) is 11.2 Å². The maximum absolute atomic E-state index is 5.40. The van der Waals surface area contributed by atoms with Crippen LogP contribution in [0.25, 0.3) is 0 Å². The molecule has 0 aliphatic carbocycles. The highest BCUT2D eigenvalue weighted by Gasteiger charge is 2.04. The first-order valence-electron chi connectivity index (χ1n) is 4.09. The van der Waals surface area contributed by atoms with Gasteiger partial charge in [0, 0.05) is 5.56 Å². The zero-order valence-electron chi connectivity index (χ0n) is 7.63. The van der Waals surface area contributed by atoms with Crippen molar-refractivity contribution in [2.45, 2.75) is 6.92 Å². The predicted octanol–water partition coefficient (Wildman–Crippen LogP) is 2.40. The summed E-state index contributed by atoms with van der Waals surface area (Å²) in [6.07, 6.45) is 8.11. The van der Waals surface area contributed by atoms with Crippen molar-refractivity contribution >= 4 is 0 Å². The molecule has 0 unspecified atom stereocenters. The third kappa shape index (κ3) is 1.91. The summed E-state index contributed by atoms with van der Waals surface area (Å²) in [4.78, 5) is 0. The summed E-state index contributed by atoms with van der Waals surface area (Å²) < 4.78 is 5.40. The molecule has 1 heteroatoms. The Morgan fingerprint density at radius 1 is 1.46 bits per heavy atom. The number of para-hydroxylation sites is 1. The molecular formula is C12H11O. The average molecular weight is 171 g/mol. The number of hydrogen-bond donors (Lipinski definition) is 0. The zero-order chi connectivity index (χ0) is 9.68. The van der Waals surface area contributed by atoms with E-state index in [9.17, 15) is 0 Å². The quantitative estimate of drug-likeness (QED) is 0.634. The SMILES string of the molecule is C#Cc1cccc([C]=C)c1OCC. The second-order valence-corrected chi connectivity index (χ2v) is 2.44. The van der Waals surface area contributed by atoms with Crippen molar-refractivity contribution in [2.75, 3.05) is 6.61 Å². The lowest BCUT2D eigenvalue weighted by Crippen LogP contribution is -1.96. The minimum absolute atomic E-state index is 0.591. The minimum atomic E-state index is 0.591. The van der Waals surface area contributed by atoms with Crippen molar-refractivity contribution in [2.24, 2.45) is 0 Å². The van der Waals surface area contributed by atoms with Crippen LogP contribution in [0.15, 0.2) is 24.8 Å². The van der Waals surface area contributed by atoms with Gasteiger partial charge in [0.15, 0.2) is 0 Å². The van der Waals surface area contributed by atoms with Gasteiger partial charge < -0.3 is 4.74 Å². The molecule has 1 nitrogen and oxygen atoms in total. The molecule has 0 heterocycles. The normalized spacial score (nSPS) is 8.92. The Balaban J connectivity index is 3.22. The lowest BCUT2D eigenvalue weighted by Gasteiger charge is -2.08. The Hall–Kier alpha value is -1.68. The third-order valence-corrected chi connectivity index (χ3v) is 1.65. The molecular weight excluding hydrogens is 160 g/mol. The van der Waals surface area contributed by atoms with Gasteiger partial charge in [-0.1, -0.05) is 24.6 Å². The Labute approximate surface area is 79.0 Å². The first kappa shape index (κ1) is 9.41. The fraction of sp³-hybridized carbons (Fsp3) is 0.167. The molecule has 1 aromatic carbocycles. The fourth-order valence-electron chi connectivity index (χ4n) is 1.09. The van der Waals surface area contributed by atoms with Crippen molar-refractivity contribution in [1.29, 1.82) is 0 Å². The number of hydrogen-bond acceptors (Lipinski definition) is 1. The van der Waals surface area contributed by atoms with Crippen LogP contribution in [0.3, 0.4) is 0 Å². The van der Waals surface area contributed by atoms with Crippen LogP contribution in [0, 0.1) is 18.4 Å². The van der Waals surface area contributed by atoms with Crippen molar-refractivity contribution in [1.82, 2.24) is 0 Å². The molecule has 1 aromatic rings. The van der Waals surface area contributed by atoms with Crippen molar-refractivity contribution in [3.63, 3.8) is 0 Å². The van der Waals surface area contributed by atoms with Crippen molar-refractivity contribution in [3.05, 3.63) is 42.0 Å². The highest BCUT2D eigenvalue weighted by atomic mass is 16.5. The molecule has 1 rings (SSSR count). The molecule has 0 saturated heterocycles. The minimum Gasteiger partial charge on any atom is -0.492 e. The second kappa shape index (κ2) is 4.37. The summed E-state index contributed by atoms with van der Waals surface area (Å²) in [5.74, 6) is 3.26. The Morgan fingerprint density at radius 3 is 2.69 bits per heavy atom. The van der Waals surface area contributed by atoms with Crippen LogP contribution in [-0.2, 0) is 0 Å². The largest absolute Gasteiger partial charge is 0.492 e. The average Bonchev–Trinajstić information content (AvgIpc) is 2.18. The van der Waals surface area contributed by atoms with Gasteiger partial charge in [0.2, 0.25) is 0 Å². The molecule has 0 spiro atoms. The summed E-state index contributed by atoms with van der Waals surface area (Å²) in [6, 6.07) is 5.58. The van der Waals surface area contributed by atoms with Crippen LogP contribution >= 0.6 is 0 Å². The Morgan fingerprint density at radius 2 is 2.15 bits per heavy atom. The standard InChI is InChI=1S/C12H11O/c1-4-10-8-7-9-11(5-2)12(10)13-6-3/h1,7-9H,2,6H2,3H3. The maximum atomic E-state index is 5.40. The zero-order valence-corrected chi connectivity index (χ0v) is 7.63. The van der Waals surface area contributed by atoms with E-state index in [0.717, 1.165) is 11.1 Å². The van der Waals surface area contributed by atoms with E-state index in [1.54, 1.807) is 0 Å². The van der Waals surface area contributed by atoms with Gasteiger partial charge in [-0.25, -0.2) is 0 Å². The van der Waals surface area contributed by atoms with Gasteiger partial charge in [0.05, 0.1) is 12.2 Å². The molecule has 0 aliphatic heterocycles. The monoisotopic (exact) mass is 171 g/mol. The molecule has 0 atom stereocenters. The molecule has 0 N–H and O–H groups in total. The van der Waals surface area contributed by atoms with Crippen LogP contribution in [0.4, 0.5) is 0 Å². The topological polar surface area (TPSA) is 9.23 Å². The van der Waals surface area contributed by atoms with E-state index in [2.05, 4.69) is 18.6 Å². The first-order valence-corrected chi connectivity index (χ1v) is 4.09. The van der Waals surface area contributed by atoms with E-state index >= 15 is 0 Å². The summed E-state index contributed by atoms with van der Waals surface area (Å²) >= 11 is 0. The molecule has 0 amide bonds. The van der Waals surface area contributed by atoms with Crippen LogP contribution in [0.1, 0.15) is 18.1 Å². The van der Waals surface area contributed by atoms with Crippen molar-refractivity contribution in [3.8, 4) is 18.1 Å². The summed E-state index contributed by atoms with van der Waals surface area (Å²) in [5, 5.41) is 0. The molecule has 65 valence electrons. The lowest BCUT2D eigenvalue weighted by molar-refractivity contribution is 0.338. The van der Waals surface area contributed by atoms with E-state index in [-0.39, 0.29) is 0 Å². The first-order chi connectivity index (χ1) is 6.33. The van der Waals surface area contributed by atoms with Crippen LogP contribution in [-0.4, -0.2) is 6.61 Å². The van der Waals surface area contributed by atoms with Crippen molar-refractivity contribution < 1.29 is 4.74 Å². The van der Waals surface area contributed by atoms with Crippen LogP contribution < -0.4 is 4.74 Å². The second-order valence-electron chi connectivity index (χ2n) is 2.44. The van der Waals surface area contributed by atoms with E-state index < -0.39 is 0 Å². The Kier molecular flexibility index (Phi) is 3.16. The van der Waals surface area contributed by atoms with E-state index in [1.165, 1.54) is 0 Å². The number of rotatable bonds is 3. The third-order valence-electron chi connectivity index (χ3n) is 1.65. The van der Waals surface area contributed by atoms with Gasteiger partial charge in [-0.3, -0.25) is 0 Å². The lowest BCUT2D eigenvalue weighted by atomic mass is 10.1. The van der Waals surface area contributed by atoms with Gasteiger partial charge in [-0.2, -0.15) is 0 Å². The van der Waals surface area contributed by atoms with Crippen LogP contribution in [0.2, 0.25) is 0 Å². The molecule has 0 saturated carbocycles. The van der Waals surface area contributed by atoms with Crippen LogP contribution in [0.5, 0.6) is 5.75 Å². The summed E-state index contributed by atoms with van der Waals surface area (Å²) in [6.45, 7) is 6.08. The molecule has 13 heavy (non-hydrogen) atoms. The molecule has 0 aliphatic rings. The Bertz CT molecular complexity index is 345. The fourth-order valence-corrected chi connectivity index (χ4v) is 1.09. The van der Waals surface area contributed by atoms with Gasteiger partial charge >= 0.3 is 0 Å². The summed E-state index contributed by atoms with van der Waals surface area (Å²) in [5.41, 5.74) is 1.56. The highest BCUT2D eigenvalue weighted by molar-refractivity contribution is 5.51. The summed E-state index contributed by atoms with van der Waals surface area (Å²) in [7, 11) is 0. The number of benzene rings is 1.